The van der Waals surface area contributed by atoms with E-state index in [1.54, 1.807) is 12.1 Å². The average molecular weight is 339 g/mol. The number of nitrogen functional groups attached to an aromatic ring is 1. The van der Waals surface area contributed by atoms with Crippen LogP contribution >= 0.6 is 0 Å². The first-order chi connectivity index (χ1) is 12.1. The van der Waals surface area contributed by atoms with E-state index in [0.29, 0.717) is 18.8 Å². The lowest BCUT2D eigenvalue weighted by molar-refractivity contribution is 0.0594. The highest BCUT2D eigenvalue weighted by atomic mass is 16.3. The van der Waals surface area contributed by atoms with Crippen LogP contribution in [0.4, 0.5) is 5.69 Å². The minimum atomic E-state index is -0.0390. The van der Waals surface area contributed by atoms with Crippen LogP contribution in [0.15, 0.2) is 41.0 Å². The number of carbonyl (C=O) groups is 1. The number of furan rings is 1. The molecule has 1 aromatic carbocycles. The number of aryl methyl sites for hydroxylation is 1. The number of benzene rings is 1. The van der Waals surface area contributed by atoms with Gasteiger partial charge in [-0.05, 0) is 30.3 Å². The van der Waals surface area contributed by atoms with Gasteiger partial charge in [0.05, 0.1) is 23.8 Å². The van der Waals surface area contributed by atoms with Gasteiger partial charge in [0.1, 0.15) is 5.82 Å². The minimum Gasteiger partial charge on any atom is -0.459 e. The van der Waals surface area contributed by atoms with E-state index < -0.39 is 0 Å². The van der Waals surface area contributed by atoms with Crippen molar-refractivity contribution in [1.82, 2.24) is 19.4 Å². The maximum Gasteiger partial charge on any atom is 0.289 e. The molecule has 25 heavy (non-hydrogen) atoms. The number of imidazole rings is 1. The molecule has 1 saturated heterocycles. The van der Waals surface area contributed by atoms with Gasteiger partial charge < -0.3 is 19.6 Å². The van der Waals surface area contributed by atoms with Crippen molar-refractivity contribution in [2.75, 3.05) is 31.9 Å². The predicted molar refractivity (Wildman–Crippen MR) is 95.0 cm³/mol. The van der Waals surface area contributed by atoms with Gasteiger partial charge in [-0.3, -0.25) is 9.69 Å². The summed E-state index contributed by atoms with van der Waals surface area (Å²) in [6.45, 7) is 3.77. The van der Waals surface area contributed by atoms with Gasteiger partial charge in [0.25, 0.3) is 5.91 Å². The maximum absolute atomic E-state index is 12.3. The van der Waals surface area contributed by atoms with Crippen molar-refractivity contribution >= 4 is 22.6 Å². The molecule has 2 N–H and O–H groups in total. The van der Waals surface area contributed by atoms with Crippen molar-refractivity contribution in [2.45, 2.75) is 6.54 Å². The number of carbonyl (C=O) groups excluding carboxylic acids is 1. The summed E-state index contributed by atoms with van der Waals surface area (Å²) in [7, 11) is 2.03. The average Bonchev–Trinajstić information content (AvgIpc) is 3.24. The number of piperazine rings is 1. The van der Waals surface area contributed by atoms with E-state index in [1.165, 1.54) is 6.26 Å². The van der Waals surface area contributed by atoms with Gasteiger partial charge in [0.2, 0.25) is 0 Å². The van der Waals surface area contributed by atoms with Crippen molar-refractivity contribution < 1.29 is 9.21 Å². The van der Waals surface area contributed by atoms with E-state index in [9.17, 15) is 4.79 Å². The Hall–Kier alpha value is -2.80. The molecule has 2 aromatic heterocycles. The highest BCUT2D eigenvalue weighted by Crippen LogP contribution is 2.19. The third-order valence-corrected chi connectivity index (χ3v) is 4.75. The van der Waals surface area contributed by atoms with Crippen LogP contribution in [-0.4, -0.2) is 51.4 Å². The normalized spacial score (nSPS) is 15.8. The Kier molecular flexibility index (Phi) is 3.93. The molecule has 4 rings (SSSR count). The van der Waals surface area contributed by atoms with E-state index >= 15 is 0 Å². The van der Waals surface area contributed by atoms with E-state index in [0.717, 1.165) is 42.2 Å². The summed E-state index contributed by atoms with van der Waals surface area (Å²) in [6, 6.07) is 9.24. The van der Waals surface area contributed by atoms with Crippen LogP contribution in [-0.2, 0) is 13.6 Å². The summed E-state index contributed by atoms with van der Waals surface area (Å²) < 4.78 is 7.31. The zero-order valence-electron chi connectivity index (χ0n) is 14.2. The molecule has 0 aliphatic carbocycles. The molecule has 3 heterocycles. The maximum atomic E-state index is 12.3. The predicted octanol–water partition coefficient (Wildman–Crippen LogP) is 1.71. The number of anilines is 1. The second kappa shape index (κ2) is 6.25. The Balaban J connectivity index is 1.42. The number of hydrogen-bond donors (Lipinski definition) is 1. The molecule has 1 amide bonds. The summed E-state index contributed by atoms with van der Waals surface area (Å²) in [6.07, 6.45) is 1.53. The van der Waals surface area contributed by atoms with Crippen molar-refractivity contribution in [3.63, 3.8) is 0 Å². The molecule has 0 radical (unpaired) electrons. The van der Waals surface area contributed by atoms with E-state index in [-0.39, 0.29) is 5.91 Å². The molecular formula is C18H21N5O2. The number of rotatable bonds is 3. The molecule has 1 aliphatic heterocycles. The molecule has 7 nitrogen and oxygen atoms in total. The first-order valence-corrected chi connectivity index (χ1v) is 8.38. The first-order valence-electron chi connectivity index (χ1n) is 8.38. The fraction of sp³-hybridized carbons (Fsp3) is 0.333. The van der Waals surface area contributed by atoms with Crippen molar-refractivity contribution in [1.29, 1.82) is 0 Å². The second-order valence-electron chi connectivity index (χ2n) is 6.38. The van der Waals surface area contributed by atoms with Crippen LogP contribution in [0.5, 0.6) is 0 Å². The highest BCUT2D eigenvalue weighted by molar-refractivity contribution is 5.91. The fourth-order valence-corrected chi connectivity index (χ4v) is 3.27. The fourth-order valence-electron chi connectivity index (χ4n) is 3.27. The number of amides is 1. The summed E-state index contributed by atoms with van der Waals surface area (Å²) >= 11 is 0. The van der Waals surface area contributed by atoms with Gasteiger partial charge in [0, 0.05) is 38.9 Å². The zero-order valence-corrected chi connectivity index (χ0v) is 14.2. The molecule has 0 bridgehead atoms. The molecule has 1 fully saturated rings. The highest BCUT2D eigenvalue weighted by Gasteiger charge is 2.24. The standard InChI is InChI=1S/C18H21N5O2/c1-21-15-5-4-13(19)11-14(15)20-17(21)12-22-6-8-23(9-7-22)18(24)16-3-2-10-25-16/h2-5,10-11H,6-9,12,19H2,1H3. The van der Waals surface area contributed by atoms with E-state index in [4.69, 9.17) is 15.1 Å². The van der Waals surface area contributed by atoms with Crippen LogP contribution in [0.25, 0.3) is 11.0 Å². The smallest absolute Gasteiger partial charge is 0.289 e. The van der Waals surface area contributed by atoms with Crippen LogP contribution < -0.4 is 5.73 Å². The summed E-state index contributed by atoms with van der Waals surface area (Å²) in [4.78, 5) is 21.2. The van der Waals surface area contributed by atoms with Gasteiger partial charge in [-0.2, -0.15) is 0 Å². The third-order valence-electron chi connectivity index (χ3n) is 4.75. The minimum absolute atomic E-state index is 0.0390. The second-order valence-corrected chi connectivity index (χ2v) is 6.38. The van der Waals surface area contributed by atoms with Gasteiger partial charge >= 0.3 is 0 Å². The van der Waals surface area contributed by atoms with Crippen molar-refractivity contribution in [2.24, 2.45) is 7.05 Å². The van der Waals surface area contributed by atoms with Crippen LogP contribution in [0, 0.1) is 0 Å². The van der Waals surface area contributed by atoms with E-state index in [2.05, 4.69) is 9.47 Å². The number of nitrogens with two attached hydrogens (primary N) is 1. The third kappa shape index (κ3) is 2.98. The summed E-state index contributed by atoms with van der Waals surface area (Å²) in [5.74, 6) is 1.37. The number of fused-ring (bicyclic) bond motifs is 1. The van der Waals surface area contributed by atoms with Crippen molar-refractivity contribution in [3.8, 4) is 0 Å². The van der Waals surface area contributed by atoms with Gasteiger partial charge in [-0.1, -0.05) is 0 Å². The SMILES string of the molecule is Cn1c(CN2CCN(C(=O)c3ccco3)CC2)nc2cc(N)ccc21. The largest absolute Gasteiger partial charge is 0.459 e. The van der Waals surface area contributed by atoms with Gasteiger partial charge in [-0.25, -0.2) is 4.98 Å². The molecule has 0 unspecified atom stereocenters. The Bertz CT molecular complexity index is 892. The molecule has 0 spiro atoms. The Morgan fingerprint density at radius 1 is 1.24 bits per heavy atom. The topological polar surface area (TPSA) is 80.5 Å². The first kappa shape index (κ1) is 15.7. The molecule has 130 valence electrons. The van der Waals surface area contributed by atoms with E-state index in [1.807, 2.05) is 30.1 Å². The Morgan fingerprint density at radius 3 is 2.76 bits per heavy atom. The van der Waals surface area contributed by atoms with Gasteiger partial charge in [-0.15, -0.1) is 0 Å². The zero-order chi connectivity index (χ0) is 17.4. The lowest BCUT2D eigenvalue weighted by atomic mass is 10.3. The lowest BCUT2D eigenvalue weighted by Gasteiger charge is -2.34. The Labute approximate surface area is 145 Å². The van der Waals surface area contributed by atoms with Crippen molar-refractivity contribution in [3.05, 3.63) is 48.2 Å². The summed E-state index contributed by atoms with van der Waals surface area (Å²) in [5.41, 5.74) is 8.57. The lowest BCUT2D eigenvalue weighted by Crippen LogP contribution is -2.48. The molecule has 1 aliphatic rings. The summed E-state index contributed by atoms with van der Waals surface area (Å²) in [5, 5.41) is 0. The molecule has 0 saturated carbocycles. The molecular weight excluding hydrogens is 318 g/mol. The Morgan fingerprint density at radius 2 is 2.04 bits per heavy atom. The van der Waals surface area contributed by atoms with Crippen LogP contribution in [0.1, 0.15) is 16.4 Å². The quantitative estimate of drug-likeness (QED) is 0.735. The van der Waals surface area contributed by atoms with Crippen LogP contribution in [0.3, 0.4) is 0 Å². The van der Waals surface area contributed by atoms with Gasteiger partial charge in [0.15, 0.2) is 5.76 Å². The number of nitrogens with zero attached hydrogens (tertiary/aromatic N) is 4. The molecule has 3 aromatic rings. The molecule has 0 atom stereocenters. The molecule has 7 heteroatoms. The number of hydrogen-bond acceptors (Lipinski definition) is 5. The number of aromatic nitrogens is 2. The van der Waals surface area contributed by atoms with Crippen LogP contribution in [0.2, 0.25) is 0 Å². The monoisotopic (exact) mass is 339 g/mol.